The highest BCUT2D eigenvalue weighted by Crippen LogP contribution is 2.32. The quantitative estimate of drug-likeness (QED) is 0.442. The Balaban J connectivity index is 1.83. The number of amides is 3. The zero-order valence-corrected chi connectivity index (χ0v) is 16.1. The molecule has 1 aliphatic heterocycles. The number of hydrogen-bond acceptors (Lipinski definition) is 7. The number of nitrogens with zero attached hydrogens (tertiary/aromatic N) is 2. The van der Waals surface area contributed by atoms with Gasteiger partial charge < -0.3 is 5.32 Å². The van der Waals surface area contributed by atoms with Gasteiger partial charge in [0.2, 0.25) is 5.91 Å². The summed E-state index contributed by atoms with van der Waals surface area (Å²) in [6.07, 6.45) is 1.05. The van der Waals surface area contributed by atoms with Crippen LogP contribution in [-0.2, 0) is 14.6 Å². The number of anilines is 1. The first kappa shape index (κ1) is 20.1. The van der Waals surface area contributed by atoms with Gasteiger partial charge in [-0.1, -0.05) is 6.07 Å². The average molecular weight is 417 g/mol. The normalized spacial score (nSPS) is 14.5. The van der Waals surface area contributed by atoms with Gasteiger partial charge in [0, 0.05) is 18.0 Å². The number of hydrogen-bond donors (Lipinski definition) is 1. The summed E-state index contributed by atoms with van der Waals surface area (Å²) in [4.78, 5) is 48.9. The fraction of sp³-hybridized carbons (Fsp3) is 0.167. The topological polar surface area (TPSA) is 144 Å². The molecule has 0 aliphatic carbocycles. The van der Waals surface area contributed by atoms with Crippen LogP contribution in [-0.4, -0.2) is 48.3 Å². The van der Waals surface area contributed by atoms with Gasteiger partial charge in [0.05, 0.1) is 15.4 Å². The van der Waals surface area contributed by atoms with E-state index in [1.807, 2.05) is 0 Å². The molecule has 11 heteroatoms. The molecule has 0 saturated heterocycles. The third-order valence-corrected chi connectivity index (χ3v) is 5.57. The Labute approximate surface area is 165 Å². The molecule has 3 amide bonds. The number of carbonyl (C=O) groups is 3. The van der Waals surface area contributed by atoms with Gasteiger partial charge in [-0.25, -0.2) is 8.42 Å². The summed E-state index contributed by atoms with van der Waals surface area (Å²) in [6, 6.07) is 7.79. The van der Waals surface area contributed by atoms with Gasteiger partial charge in [-0.15, -0.1) is 0 Å². The van der Waals surface area contributed by atoms with Crippen molar-refractivity contribution in [1.82, 2.24) is 4.90 Å². The summed E-state index contributed by atoms with van der Waals surface area (Å²) in [5.41, 5.74) is -0.731. The summed E-state index contributed by atoms with van der Waals surface area (Å²) in [5, 5.41) is 13.7. The van der Waals surface area contributed by atoms with E-state index < -0.39 is 44.2 Å². The summed E-state index contributed by atoms with van der Waals surface area (Å²) < 4.78 is 23.0. The minimum atomic E-state index is -3.40. The fourth-order valence-corrected chi connectivity index (χ4v) is 3.57. The second-order valence-electron chi connectivity index (χ2n) is 6.40. The van der Waals surface area contributed by atoms with Crippen LogP contribution in [0.2, 0.25) is 0 Å². The molecule has 2 aromatic rings. The lowest BCUT2D eigenvalue weighted by Gasteiger charge is -2.21. The third-order valence-electron chi connectivity index (χ3n) is 4.44. The van der Waals surface area contributed by atoms with E-state index in [1.54, 1.807) is 0 Å². The number of rotatable bonds is 5. The van der Waals surface area contributed by atoms with Crippen LogP contribution in [0.4, 0.5) is 11.4 Å². The van der Waals surface area contributed by atoms with Crippen molar-refractivity contribution >= 4 is 38.9 Å². The van der Waals surface area contributed by atoms with Crippen molar-refractivity contribution in [2.45, 2.75) is 17.9 Å². The molecule has 1 atom stereocenters. The maximum absolute atomic E-state index is 12.6. The molecule has 0 saturated carbocycles. The van der Waals surface area contributed by atoms with E-state index in [0.717, 1.165) is 12.3 Å². The minimum absolute atomic E-state index is 0.0659. The van der Waals surface area contributed by atoms with E-state index in [1.165, 1.54) is 43.3 Å². The Morgan fingerprint density at radius 3 is 2.28 bits per heavy atom. The van der Waals surface area contributed by atoms with Gasteiger partial charge in [-0.3, -0.25) is 29.4 Å². The van der Waals surface area contributed by atoms with Gasteiger partial charge >= 0.3 is 0 Å². The van der Waals surface area contributed by atoms with Crippen molar-refractivity contribution in [1.29, 1.82) is 0 Å². The smallest absolute Gasteiger partial charge is 0.282 e. The summed E-state index contributed by atoms with van der Waals surface area (Å²) >= 11 is 0. The summed E-state index contributed by atoms with van der Waals surface area (Å²) in [6.45, 7) is 1.31. The van der Waals surface area contributed by atoms with Crippen molar-refractivity contribution in [3.8, 4) is 0 Å². The molecule has 1 N–H and O–H groups in total. The molecular weight excluding hydrogens is 402 g/mol. The molecule has 1 aliphatic rings. The van der Waals surface area contributed by atoms with E-state index in [9.17, 15) is 32.9 Å². The Morgan fingerprint density at radius 1 is 1.10 bits per heavy atom. The van der Waals surface area contributed by atoms with Crippen LogP contribution in [0.15, 0.2) is 47.4 Å². The SMILES string of the molecule is C[C@@H](C(=O)Nc1ccc(S(C)(=O)=O)cc1)N1C(=O)c2cccc([N+](=O)[O-])c2C1=O. The first-order chi connectivity index (χ1) is 13.5. The van der Waals surface area contributed by atoms with E-state index in [0.29, 0.717) is 4.90 Å². The first-order valence-electron chi connectivity index (χ1n) is 8.28. The van der Waals surface area contributed by atoms with E-state index in [4.69, 9.17) is 0 Å². The molecule has 1 heterocycles. The number of carbonyl (C=O) groups excluding carboxylic acids is 3. The molecule has 150 valence electrons. The number of nitro groups is 1. The number of imide groups is 1. The Kier molecular flexibility index (Phi) is 4.93. The maximum Gasteiger partial charge on any atom is 0.282 e. The lowest BCUT2D eigenvalue weighted by Crippen LogP contribution is -2.45. The van der Waals surface area contributed by atoms with Crippen molar-refractivity contribution in [2.24, 2.45) is 0 Å². The van der Waals surface area contributed by atoms with Crippen LogP contribution in [0.25, 0.3) is 0 Å². The Morgan fingerprint density at radius 2 is 1.72 bits per heavy atom. The summed E-state index contributed by atoms with van der Waals surface area (Å²) in [5.74, 6) is -2.44. The van der Waals surface area contributed by atoms with Gasteiger partial charge in [0.15, 0.2) is 9.84 Å². The molecule has 0 unspecified atom stereocenters. The molecule has 0 fully saturated rings. The minimum Gasteiger partial charge on any atom is -0.324 e. The van der Waals surface area contributed by atoms with Crippen LogP contribution >= 0.6 is 0 Å². The predicted octanol–water partition coefficient (Wildman–Crippen LogP) is 1.62. The molecule has 0 bridgehead atoms. The number of nitro benzene ring substituents is 1. The van der Waals surface area contributed by atoms with Crippen molar-refractivity contribution in [3.63, 3.8) is 0 Å². The zero-order chi connectivity index (χ0) is 21.5. The van der Waals surface area contributed by atoms with Gasteiger partial charge in [0.25, 0.3) is 17.5 Å². The number of nitrogens with one attached hydrogen (secondary N) is 1. The second-order valence-corrected chi connectivity index (χ2v) is 8.41. The van der Waals surface area contributed by atoms with Crippen LogP contribution in [0, 0.1) is 10.1 Å². The van der Waals surface area contributed by atoms with E-state index in [-0.39, 0.29) is 21.7 Å². The molecule has 0 aromatic heterocycles. The molecule has 0 radical (unpaired) electrons. The molecular formula is C18H15N3O7S. The number of benzene rings is 2. The Bertz CT molecular complexity index is 1160. The molecule has 3 rings (SSSR count). The van der Waals surface area contributed by atoms with E-state index >= 15 is 0 Å². The van der Waals surface area contributed by atoms with Crippen LogP contribution in [0.5, 0.6) is 0 Å². The van der Waals surface area contributed by atoms with Gasteiger partial charge in [-0.05, 0) is 37.3 Å². The highest BCUT2D eigenvalue weighted by atomic mass is 32.2. The van der Waals surface area contributed by atoms with Crippen molar-refractivity contribution in [3.05, 3.63) is 63.7 Å². The monoisotopic (exact) mass is 417 g/mol. The highest BCUT2D eigenvalue weighted by Gasteiger charge is 2.44. The lowest BCUT2D eigenvalue weighted by molar-refractivity contribution is -0.385. The lowest BCUT2D eigenvalue weighted by atomic mass is 10.1. The molecule has 0 spiro atoms. The highest BCUT2D eigenvalue weighted by molar-refractivity contribution is 7.90. The average Bonchev–Trinajstić information content (AvgIpc) is 2.91. The number of fused-ring (bicyclic) bond motifs is 1. The zero-order valence-electron chi connectivity index (χ0n) is 15.3. The van der Waals surface area contributed by atoms with Crippen molar-refractivity contribution < 1.29 is 27.7 Å². The molecule has 2 aromatic carbocycles. The third kappa shape index (κ3) is 3.59. The van der Waals surface area contributed by atoms with Gasteiger partial charge in [-0.2, -0.15) is 0 Å². The standard InChI is InChI=1S/C18H15N3O7S/c1-10(16(22)19-11-6-8-12(9-7-11)29(2,27)28)20-17(23)13-4-3-5-14(21(25)26)15(13)18(20)24/h3-10H,1-2H3,(H,19,22)/t10-/m0/s1. The fourth-order valence-electron chi connectivity index (χ4n) is 2.94. The second kappa shape index (κ2) is 7.09. The van der Waals surface area contributed by atoms with Crippen molar-refractivity contribution in [2.75, 3.05) is 11.6 Å². The van der Waals surface area contributed by atoms with E-state index in [2.05, 4.69) is 5.32 Å². The Hall–Kier alpha value is -3.60. The number of sulfone groups is 1. The van der Waals surface area contributed by atoms with Crippen LogP contribution in [0.3, 0.4) is 0 Å². The maximum atomic E-state index is 12.6. The van der Waals surface area contributed by atoms with Gasteiger partial charge in [0.1, 0.15) is 11.6 Å². The summed E-state index contributed by atoms with van der Waals surface area (Å²) in [7, 11) is -3.40. The molecule has 10 nitrogen and oxygen atoms in total. The first-order valence-corrected chi connectivity index (χ1v) is 10.2. The predicted molar refractivity (Wildman–Crippen MR) is 101 cm³/mol. The largest absolute Gasteiger partial charge is 0.324 e. The van der Waals surface area contributed by atoms with Crippen LogP contribution < -0.4 is 5.32 Å². The van der Waals surface area contributed by atoms with Crippen LogP contribution in [0.1, 0.15) is 27.6 Å². The molecule has 29 heavy (non-hydrogen) atoms.